The number of aliphatic hydroxyl groups excluding tert-OH is 2. The molecule has 0 aliphatic heterocycles. The van der Waals surface area contributed by atoms with Gasteiger partial charge in [-0.2, -0.15) is 0 Å². The van der Waals surface area contributed by atoms with Gasteiger partial charge in [0.05, 0.1) is 19.1 Å². The lowest BCUT2D eigenvalue weighted by Crippen LogP contribution is -2.38. The molecule has 2 unspecified atom stereocenters. The van der Waals surface area contributed by atoms with Crippen molar-refractivity contribution in [3.05, 3.63) is 0 Å². The molecule has 1 amide bonds. The summed E-state index contributed by atoms with van der Waals surface area (Å²) in [6.45, 7) is 0.409. The number of nitrogens with zero attached hydrogens (tertiary/aromatic N) is 1. The normalized spacial score (nSPS) is 25.8. The number of nitrogens with two attached hydrogens (primary N) is 1. The van der Waals surface area contributed by atoms with Crippen LogP contribution in [0.25, 0.3) is 0 Å². The van der Waals surface area contributed by atoms with Crippen molar-refractivity contribution >= 4 is 5.91 Å². The maximum atomic E-state index is 11.5. The predicted molar refractivity (Wildman–Crippen MR) is 46.8 cm³/mol. The minimum atomic E-state index is -0.0851. The second-order valence-electron chi connectivity index (χ2n) is 3.28. The third-order valence-corrected chi connectivity index (χ3v) is 2.21. The highest BCUT2D eigenvalue weighted by molar-refractivity contribution is 5.82. The number of carbonyl (C=O) groups is 1. The van der Waals surface area contributed by atoms with E-state index in [4.69, 9.17) is 15.9 Å². The van der Waals surface area contributed by atoms with Gasteiger partial charge in [0.2, 0.25) is 5.91 Å². The molecular weight excluding hydrogens is 172 g/mol. The maximum absolute atomic E-state index is 11.5. The fourth-order valence-corrected chi connectivity index (χ4v) is 1.31. The molecule has 76 valence electrons. The Kier molecular flexibility index (Phi) is 3.65. The van der Waals surface area contributed by atoms with Gasteiger partial charge in [-0.15, -0.1) is 0 Å². The van der Waals surface area contributed by atoms with Gasteiger partial charge < -0.3 is 20.8 Å². The van der Waals surface area contributed by atoms with Gasteiger partial charge >= 0.3 is 0 Å². The first-order chi connectivity index (χ1) is 6.20. The summed E-state index contributed by atoms with van der Waals surface area (Å²) in [6.07, 6.45) is 0.728. The van der Waals surface area contributed by atoms with Crippen molar-refractivity contribution in [2.24, 2.45) is 11.7 Å². The SMILES string of the molecule is NC1CC1C(=O)N(CCO)CCO. The van der Waals surface area contributed by atoms with Crippen LogP contribution >= 0.6 is 0 Å². The molecule has 13 heavy (non-hydrogen) atoms. The standard InChI is InChI=1S/C8H16N2O3/c9-7-5-6(7)8(13)10(1-3-11)2-4-12/h6-7,11-12H,1-5,9H2. The molecule has 0 heterocycles. The summed E-state index contributed by atoms with van der Waals surface area (Å²) in [6, 6.07) is -0.0209. The number of hydrogen-bond acceptors (Lipinski definition) is 4. The Hall–Kier alpha value is -0.650. The summed E-state index contributed by atoms with van der Waals surface area (Å²) in [5.41, 5.74) is 5.53. The van der Waals surface area contributed by atoms with Gasteiger partial charge in [0, 0.05) is 19.1 Å². The molecule has 5 heteroatoms. The van der Waals surface area contributed by atoms with E-state index in [0.717, 1.165) is 6.42 Å². The Labute approximate surface area is 77.1 Å². The lowest BCUT2D eigenvalue weighted by molar-refractivity contribution is -0.133. The van der Waals surface area contributed by atoms with E-state index in [1.165, 1.54) is 4.90 Å². The quantitative estimate of drug-likeness (QED) is 0.472. The van der Waals surface area contributed by atoms with Crippen LogP contribution in [-0.2, 0) is 4.79 Å². The van der Waals surface area contributed by atoms with Crippen molar-refractivity contribution in [2.45, 2.75) is 12.5 Å². The Bertz CT molecular complexity index is 180. The summed E-state index contributed by atoms with van der Waals surface area (Å²) >= 11 is 0. The first-order valence-corrected chi connectivity index (χ1v) is 4.46. The molecular formula is C8H16N2O3. The van der Waals surface area contributed by atoms with Crippen LogP contribution in [0.15, 0.2) is 0 Å². The van der Waals surface area contributed by atoms with Crippen molar-refractivity contribution in [3.63, 3.8) is 0 Å². The van der Waals surface area contributed by atoms with Gasteiger partial charge in [0.25, 0.3) is 0 Å². The van der Waals surface area contributed by atoms with Crippen LogP contribution in [-0.4, -0.2) is 53.4 Å². The van der Waals surface area contributed by atoms with Gasteiger partial charge in [0.1, 0.15) is 0 Å². The van der Waals surface area contributed by atoms with Crippen LogP contribution in [0, 0.1) is 5.92 Å². The fourth-order valence-electron chi connectivity index (χ4n) is 1.31. The summed E-state index contributed by atoms with van der Waals surface area (Å²) in [5, 5.41) is 17.3. The zero-order valence-corrected chi connectivity index (χ0v) is 7.52. The molecule has 0 spiro atoms. The third-order valence-electron chi connectivity index (χ3n) is 2.21. The summed E-state index contributed by atoms with van der Waals surface area (Å²) in [5.74, 6) is -0.131. The highest BCUT2D eigenvalue weighted by Crippen LogP contribution is 2.29. The fraction of sp³-hybridized carbons (Fsp3) is 0.875. The minimum absolute atomic E-state index is 0.0209. The number of rotatable bonds is 5. The van der Waals surface area contributed by atoms with Crippen molar-refractivity contribution in [1.82, 2.24) is 4.90 Å². The Balaban J connectivity index is 2.38. The van der Waals surface area contributed by atoms with Crippen molar-refractivity contribution in [1.29, 1.82) is 0 Å². The molecule has 0 aromatic carbocycles. The van der Waals surface area contributed by atoms with E-state index in [0.29, 0.717) is 0 Å². The van der Waals surface area contributed by atoms with E-state index in [1.807, 2.05) is 0 Å². The van der Waals surface area contributed by atoms with E-state index in [2.05, 4.69) is 0 Å². The molecule has 5 nitrogen and oxygen atoms in total. The number of carbonyl (C=O) groups excluding carboxylic acids is 1. The van der Waals surface area contributed by atoms with Gasteiger partial charge in [-0.3, -0.25) is 4.79 Å². The molecule has 0 aromatic heterocycles. The molecule has 1 fully saturated rings. The minimum Gasteiger partial charge on any atom is -0.395 e. The van der Waals surface area contributed by atoms with Crippen LogP contribution in [0.3, 0.4) is 0 Å². The smallest absolute Gasteiger partial charge is 0.227 e. The lowest BCUT2D eigenvalue weighted by Gasteiger charge is -2.20. The molecule has 1 rings (SSSR count). The zero-order valence-electron chi connectivity index (χ0n) is 7.52. The number of amides is 1. The molecule has 1 aliphatic carbocycles. The lowest BCUT2D eigenvalue weighted by atomic mass is 10.3. The second kappa shape index (κ2) is 4.55. The van der Waals surface area contributed by atoms with E-state index >= 15 is 0 Å². The molecule has 4 N–H and O–H groups in total. The van der Waals surface area contributed by atoms with Crippen molar-refractivity contribution < 1.29 is 15.0 Å². The molecule has 1 aliphatic rings. The summed E-state index contributed by atoms with van der Waals surface area (Å²) < 4.78 is 0. The van der Waals surface area contributed by atoms with E-state index < -0.39 is 0 Å². The van der Waals surface area contributed by atoms with Gasteiger partial charge in [0.15, 0.2) is 0 Å². The van der Waals surface area contributed by atoms with Gasteiger partial charge in [-0.1, -0.05) is 0 Å². The Morgan fingerprint density at radius 1 is 1.38 bits per heavy atom. The highest BCUT2D eigenvalue weighted by Gasteiger charge is 2.41. The molecule has 0 aromatic rings. The average molecular weight is 188 g/mol. The highest BCUT2D eigenvalue weighted by atomic mass is 16.3. The largest absolute Gasteiger partial charge is 0.395 e. The molecule has 2 atom stereocenters. The first-order valence-electron chi connectivity index (χ1n) is 4.46. The monoisotopic (exact) mass is 188 g/mol. The van der Waals surface area contributed by atoms with Crippen LogP contribution in [0.5, 0.6) is 0 Å². The topological polar surface area (TPSA) is 86.8 Å². The Morgan fingerprint density at radius 3 is 2.15 bits per heavy atom. The van der Waals surface area contributed by atoms with Crippen molar-refractivity contribution in [3.8, 4) is 0 Å². The van der Waals surface area contributed by atoms with Gasteiger partial charge in [-0.05, 0) is 6.42 Å². The molecule has 0 radical (unpaired) electrons. The molecule has 0 saturated heterocycles. The van der Waals surface area contributed by atoms with Crippen LogP contribution in [0.4, 0.5) is 0 Å². The van der Waals surface area contributed by atoms with Crippen LogP contribution in [0.1, 0.15) is 6.42 Å². The van der Waals surface area contributed by atoms with Crippen molar-refractivity contribution in [2.75, 3.05) is 26.3 Å². The molecule has 1 saturated carbocycles. The van der Waals surface area contributed by atoms with Crippen LogP contribution < -0.4 is 5.73 Å². The van der Waals surface area contributed by atoms with E-state index in [-0.39, 0.29) is 44.2 Å². The summed E-state index contributed by atoms with van der Waals surface area (Å²) in [7, 11) is 0. The summed E-state index contributed by atoms with van der Waals surface area (Å²) in [4.78, 5) is 13.0. The van der Waals surface area contributed by atoms with E-state index in [1.54, 1.807) is 0 Å². The van der Waals surface area contributed by atoms with Crippen LogP contribution in [0.2, 0.25) is 0 Å². The second-order valence-corrected chi connectivity index (χ2v) is 3.28. The average Bonchev–Trinajstić information content (AvgIpc) is 2.81. The van der Waals surface area contributed by atoms with Gasteiger partial charge in [-0.25, -0.2) is 0 Å². The predicted octanol–water partition coefficient (Wildman–Crippen LogP) is -1.85. The molecule has 0 bridgehead atoms. The number of hydrogen-bond donors (Lipinski definition) is 3. The Morgan fingerprint density at radius 2 is 1.85 bits per heavy atom. The first kappa shape index (κ1) is 10.4. The van der Waals surface area contributed by atoms with E-state index in [9.17, 15) is 4.79 Å². The number of aliphatic hydroxyl groups is 2. The zero-order chi connectivity index (χ0) is 9.84. The third kappa shape index (κ3) is 2.65. The maximum Gasteiger partial charge on any atom is 0.227 e.